The standard InChI is InChI=1S/C22H21FN6O2S/c23-18-10-15(14-1-2-19(26-11-14)28-6-3-24-4-7-28)9-16-17(18)12-29(21(16)31)13-20(30)27-22-25-5-8-32-22/h1-2,5,8-11,24H,3-4,6-7,12-13H2,(H,25,27,30). The van der Waals surface area contributed by atoms with Gasteiger partial charge in [0.2, 0.25) is 5.91 Å². The zero-order chi connectivity index (χ0) is 22.1. The molecule has 0 atom stereocenters. The summed E-state index contributed by atoms with van der Waals surface area (Å²) in [4.78, 5) is 37.2. The van der Waals surface area contributed by atoms with Gasteiger partial charge in [0.15, 0.2) is 5.13 Å². The number of benzene rings is 1. The SMILES string of the molecule is O=C(CN1Cc2c(F)cc(-c3ccc(N4CCNCC4)nc3)cc2C1=O)Nc1nccs1. The van der Waals surface area contributed by atoms with Crippen LogP contribution in [0.3, 0.4) is 0 Å². The van der Waals surface area contributed by atoms with Gasteiger partial charge in [-0.15, -0.1) is 11.3 Å². The average Bonchev–Trinajstić information content (AvgIpc) is 3.43. The number of anilines is 2. The molecule has 1 aromatic carbocycles. The van der Waals surface area contributed by atoms with Gasteiger partial charge in [-0.1, -0.05) is 0 Å². The molecule has 164 valence electrons. The van der Waals surface area contributed by atoms with Crippen LogP contribution in [0.1, 0.15) is 15.9 Å². The van der Waals surface area contributed by atoms with E-state index in [1.54, 1.807) is 23.8 Å². The number of hydrogen-bond donors (Lipinski definition) is 2. The summed E-state index contributed by atoms with van der Waals surface area (Å²) in [5.74, 6) is -0.305. The van der Waals surface area contributed by atoms with Crippen LogP contribution in [0.5, 0.6) is 0 Å². The summed E-state index contributed by atoms with van der Waals surface area (Å²) >= 11 is 1.29. The van der Waals surface area contributed by atoms with Crippen molar-refractivity contribution in [1.82, 2.24) is 20.2 Å². The molecule has 0 radical (unpaired) electrons. The fourth-order valence-electron chi connectivity index (χ4n) is 3.97. The Balaban J connectivity index is 1.32. The van der Waals surface area contributed by atoms with Crippen molar-refractivity contribution in [2.75, 3.05) is 42.9 Å². The number of amides is 2. The quantitative estimate of drug-likeness (QED) is 0.618. The second-order valence-corrected chi connectivity index (χ2v) is 8.57. The van der Waals surface area contributed by atoms with Crippen LogP contribution in [0, 0.1) is 5.82 Å². The number of aromatic nitrogens is 2. The number of pyridine rings is 1. The Labute approximate surface area is 188 Å². The van der Waals surface area contributed by atoms with Crippen molar-refractivity contribution in [3.63, 3.8) is 0 Å². The van der Waals surface area contributed by atoms with E-state index in [0.29, 0.717) is 16.3 Å². The topological polar surface area (TPSA) is 90.5 Å². The zero-order valence-electron chi connectivity index (χ0n) is 17.2. The highest BCUT2D eigenvalue weighted by Crippen LogP contribution is 2.31. The molecule has 2 aromatic heterocycles. The maximum atomic E-state index is 14.9. The van der Waals surface area contributed by atoms with E-state index in [1.165, 1.54) is 22.3 Å². The van der Waals surface area contributed by atoms with Gasteiger partial charge < -0.3 is 20.4 Å². The second kappa shape index (κ2) is 8.64. The molecule has 8 nitrogen and oxygen atoms in total. The summed E-state index contributed by atoms with van der Waals surface area (Å²) in [6.07, 6.45) is 3.29. The summed E-state index contributed by atoms with van der Waals surface area (Å²) in [7, 11) is 0. The number of thiazole rings is 1. The number of hydrogen-bond acceptors (Lipinski definition) is 7. The number of fused-ring (bicyclic) bond motifs is 1. The maximum Gasteiger partial charge on any atom is 0.255 e. The first-order chi connectivity index (χ1) is 15.6. The van der Waals surface area contributed by atoms with Gasteiger partial charge in [0.05, 0.1) is 6.54 Å². The van der Waals surface area contributed by atoms with Crippen LogP contribution in [-0.4, -0.2) is 59.4 Å². The highest BCUT2D eigenvalue weighted by molar-refractivity contribution is 7.13. The summed E-state index contributed by atoms with van der Waals surface area (Å²) in [6, 6.07) is 6.92. The Hall–Kier alpha value is -3.37. The fraction of sp³-hybridized carbons (Fsp3) is 0.273. The van der Waals surface area contributed by atoms with Gasteiger partial charge in [0, 0.05) is 60.6 Å². The lowest BCUT2D eigenvalue weighted by Crippen LogP contribution is -2.43. The van der Waals surface area contributed by atoms with Gasteiger partial charge in [-0.25, -0.2) is 14.4 Å². The molecule has 1 saturated heterocycles. The van der Waals surface area contributed by atoms with Gasteiger partial charge in [-0.05, 0) is 29.8 Å². The van der Waals surface area contributed by atoms with E-state index in [-0.39, 0.29) is 30.5 Å². The first-order valence-electron chi connectivity index (χ1n) is 10.3. The molecular weight excluding hydrogens is 431 g/mol. The molecule has 3 aromatic rings. The maximum absolute atomic E-state index is 14.9. The second-order valence-electron chi connectivity index (χ2n) is 7.67. The van der Waals surface area contributed by atoms with Gasteiger partial charge in [-0.2, -0.15) is 0 Å². The van der Waals surface area contributed by atoms with Gasteiger partial charge >= 0.3 is 0 Å². The molecule has 4 heterocycles. The molecule has 1 fully saturated rings. The summed E-state index contributed by atoms with van der Waals surface area (Å²) in [5.41, 5.74) is 1.92. The van der Waals surface area contributed by atoms with Crippen molar-refractivity contribution in [3.8, 4) is 11.1 Å². The number of carbonyl (C=O) groups excluding carboxylic acids is 2. The predicted molar refractivity (Wildman–Crippen MR) is 120 cm³/mol. The number of carbonyl (C=O) groups is 2. The molecule has 0 unspecified atom stereocenters. The van der Waals surface area contributed by atoms with E-state index in [4.69, 9.17) is 0 Å². The lowest BCUT2D eigenvalue weighted by molar-refractivity contribution is -0.116. The molecular formula is C22H21FN6O2S. The minimum Gasteiger partial charge on any atom is -0.354 e. The van der Waals surface area contributed by atoms with Crippen molar-refractivity contribution < 1.29 is 14.0 Å². The van der Waals surface area contributed by atoms with Crippen LogP contribution in [0.2, 0.25) is 0 Å². The highest BCUT2D eigenvalue weighted by atomic mass is 32.1. The van der Waals surface area contributed by atoms with Crippen molar-refractivity contribution in [2.45, 2.75) is 6.54 Å². The van der Waals surface area contributed by atoms with Crippen LogP contribution in [-0.2, 0) is 11.3 Å². The number of nitrogens with zero attached hydrogens (tertiary/aromatic N) is 4. The Bertz CT molecular complexity index is 1150. The van der Waals surface area contributed by atoms with Crippen LogP contribution < -0.4 is 15.5 Å². The zero-order valence-corrected chi connectivity index (χ0v) is 18.0. The fourth-order valence-corrected chi connectivity index (χ4v) is 4.52. The number of halogens is 1. The lowest BCUT2D eigenvalue weighted by Gasteiger charge is -2.28. The first-order valence-corrected chi connectivity index (χ1v) is 11.2. The lowest BCUT2D eigenvalue weighted by atomic mass is 10.0. The average molecular weight is 453 g/mol. The van der Waals surface area contributed by atoms with Crippen LogP contribution in [0.25, 0.3) is 11.1 Å². The van der Waals surface area contributed by atoms with E-state index in [0.717, 1.165) is 37.6 Å². The minimum atomic E-state index is -0.458. The van der Waals surface area contributed by atoms with Gasteiger partial charge in [0.25, 0.3) is 5.91 Å². The smallest absolute Gasteiger partial charge is 0.255 e. The number of rotatable bonds is 5. The van der Waals surface area contributed by atoms with E-state index in [2.05, 4.69) is 25.5 Å². The predicted octanol–water partition coefficient (Wildman–Crippen LogP) is 2.35. The Morgan fingerprint density at radius 2 is 2.03 bits per heavy atom. The van der Waals surface area contributed by atoms with E-state index < -0.39 is 5.82 Å². The molecule has 5 rings (SSSR count). The van der Waals surface area contributed by atoms with E-state index >= 15 is 0 Å². The molecule has 0 spiro atoms. The van der Waals surface area contributed by atoms with Crippen LogP contribution in [0.15, 0.2) is 42.0 Å². The molecule has 0 aliphatic carbocycles. The molecule has 32 heavy (non-hydrogen) atoms. The molecule has 0 bridgehead atoms. The molecule has 10 heteroatoms. The Morgan fingerprint density at radius 1 is 1.19 bits per heavy atom. The summed E-state index contributed by atoms with van der Waals surface area (Å²) in [5, 5.41) is 8.16. The molecule has 2 amide bonds. The van der Waals surface area contributed by atoms with E-state index in [9.17, 15) is 14.0 Å². The van der Waals surface area contributed by atoms with Crippen molar-refractivity contribution in [3.05, 3.63) is 59.0 Å². The molecule has 2 aliphatic heterocycles. The van der Waals surface area contributed by atoms with Crippen molar-refractivity contribution >= 4 is 34.1 Å². The molecule has 2 aliphatic rings. The largest absolute Gasteiger partial charge is 0.354 e. The minimum absolute atomic E-state index is 0.0613. The summed E-state index contributed by atoms with van der Waals surface area (Å²) in [6.45, 7) is 3.51. The van der Waals surface area contributed by atoms with Crippen molar-refractivity contribution in [2.24, 2.45) is 0 Å². The number of piperazine rings is 1. The Morgan fingerprint density at radius 3 is 2.75 bits per heavy atom. The van der Waals surface area contributed by atoms with Gasteiger partial charge in [-0.3, -0.25) is 9.59 Å². The first kappa shape index (κ1) is 20.5. The van der Waals surface area contributed by atoms with Crippen LogP contribution >= 0.6 is 11.3 Å². The molecule has 2 N–H and O–H groups in total. The van der Waals surface area contributed by atoms with Gasteiger partial charge in [0.1, 0.15) is 18.2 Å². The third-order valence-electron chi connectivity index (χ3n) is 5.60. The molecule has 0 saturated carbocycles. The van der Waals surface area contributed by atoms with Crippen LogP contribution in [0.4, 0.5) is 15.3 Å². The van der Waals surface area contributed by atoms with E-state index in [1.807, 2.05) is 12.1 Å². The monoisotopic (exact) mass is 452 g/mol. The Kier molecular flexibility index (Phi) is 5.54. The third-order valence-corrected chi connectivity index (χ3v) is 6.29. The third kappa shape index (κ3) is 4.06. The van der Waals surface area contributed by atoms with Crippen molar-refractivity contribution in [1.29, 1.82) is 0 Å². The number of nitrogens with one attached hydrogen (secondary N) is 2. The highest BCUT2D eigenvalue weighted by Gasteiger charge is 2.32. The normalized spacial score (nSPS) is 15.7. The summed E-state index contributed by atoms with van der Waals surface area (Å²) < 4.78 is 14.9.